The lowest BCUT2D eigenvalue weighted by atomic mass is 9.95. The van der Waals surface area contributed by atoms with E-state index in [4.69, 9.17) is 9.47 Å². The Hall–Kier alpha value is -4.77. The number of anilines is 1. The smallest absolute Gasteiger partial charge is 0.301 e. The first-order chi connectivity index (χ1) is 18.3. The highest BCUT2D eigenvalue weighted by atomic mass is 32.1. The Morgan fingerprint density at radius 1 is 1.11 bits per heavy atom. The summed E-state index contributed by atoms with van der Waals surface area (Å²) in [5.74, 6) is -1.20. The van der Waals surface area contributed by atoms with Gasteiger partial charge in [-0.1, -0.05) is 35.6 Å². The number of ketones is 1. The van der Waals surface area contributed by atoms with Gasteiger partial charge in [-0.3, -0.25) is 24.6 Å². The van der Waals surface area contributed by atoms with Crippen molar-refractivity contribution in [2.24, 2.45) is 0 Å². The number of rotatable bonds is 7. The molecule has 0 radical (unpaired) electrons. The molecule has 0 bridgehead atoms. The van der Waals surface area contributed by atoms with Crippen LogP contribution in [0.15, 0.2) is 72.3 Å². The summed E-state index contributed by atoms with van der Waals surface area (Å²) in [5, 5.41) is 23.0. The number of Topliss-reactive ketones (excluding diaryl/α,β-unsaturated/α-hetero) is 1. The minimum absolute atomic E-state index is 0.206. The van der Waals surface area contributed by atoms with E-state index in [2.05, 4.69) is 4.98 Å². The standard InChI is InChI=1S/C27H21N3O7S/c1-3-37-19-10-11-20-21(14-19)38-27(28-20)29-23(15-6-4-8-17(12-15)30(34)35)22(25(32)26(29)33)24(31)16-7-5-9-18(13-16)36-2/h4-14,23,31H,3H2,1-2H3/b24-22+. The summed E-state index contributed by atoms with van der Waals surface area (Å²) in [6.45, 7) is 2.34. The third kappa shape index (κ3) is 4.33. The summed E-state index contributed by atoms with van der Waals surface area (Å²) < 4.78 is 11.5. The second kappa shape index (κ2) is 9.94. The van der Waals surface area contributed by atoms with Crippen LogP contribution in [0.3, 0.4) is 0 Å². The lowest BCUT2D eigenvalue weighted by Crippen LogP contribution is -2.29. The van der Waals surface area contributed by atoms with Gasteiger partial charge in [0.05, 0.1) is 40.5 Å². The highest BCUT2D eigenvalue weighted by Gasteiger charge is 2.48. The molecule has 3 aromatic carbocycles. The number of nitro benzene ring substituents is 1. The lowest BCUT2D eigenvalue weighted by Gasteiger charge is -2.22. The molecule has 1 fully saturated rings. The van der Waals surface area contributed by atoms with Crippen LogP contribution in [0.5, 0.6) is 11.5 Å². The molecule has 1 saturated heterocycles. The van der Waals surface area contributed by atoms with Crippen LogP contribution in [0.25, 0.3) is 16.0 Å². The highest BCUT2D eigenvalue weighted by Crippen LogP contribution is 2.45. The van der Waals surface area contributed by atoms with Crippen molar-refractivity contribution in [3.63, 3.8) is 0 Å². The van der Waals surface area contributed by atoms with Crippen LogP contribution in [0.4, 0.5) is 10.8 Å². The molecule has 4 aromatic rings. The van der Waals surface area contributed by atoms with Crippen molar-refractivity contribution in [3.05, 3.63) is 93.5 Å². The number of nitrogens with zero attached hydrogens (tertiary/aromatic N) is 3. The number of aromatic nitrogens is 1. The number of amides is 1. The third-order valence-corrected chi connectivity index (χ3v) is 7.07. The lowest BCUT2D eigenvalue weighted by molar-refractivity contribution is -0.384. The molecule has 38 heavy (non-hydrogen) atoms. The van der Waals surface area contributed by atoms with E-state index < -0.39 is 28.4 Å². The van der Waals surface area contributed by atoms with E-state index in [1.165, 1.54) is 47.6 Å². The first kappa shape index (κ1) is 24.9. The van der Waals surface area contributed by atoms with Gasteiger partial charge < -0.3 is 14.6 Å². The first-order valence-corrected chi connectivity index (χ1v) is 12.4. The summed E-state index contributed by atoms with van der Waals surface area (Å²) in [6, 6.07) is 16.2. The van der Waals surface area contributed by atoms with E-state index >= 15 is 0 Å². The summed E-state index contributed by atoms with van der Waals surface area (Å²) in [6.07, 6.45) is 0. The number of aliphatic hydroxyl groups is 1. The maximum absolute atomic E-state index is 13.4. The predicted octanol–water partition coefficient (Wildman–Crippen LogP) is 5.24. The Balaban J connectivity index is 1.72. The zero-order valence-electron chi connectivity index (χ0n) is 20.3. The molecule has 1 N–H and O–H groups in total. The first-order valence-electron chi connectivity index (χ1n) is 11.6. The molecule has 1 amide bonds. The number of hydrogen-bond donors (Lipinski definition) is 1. The number of aliphatic hydroxyl groups excluding tert-OH is 1. The van der Waals surface area contributed by atoms with E-state index in [9.17, 15) is 24.8 Å². The van der Waals surface area contributed by atoms with E-state index in [0.29, 0.717) is 23.6 Å². The number of hydrogen-bond acceptors (Lipinski definition) is 9. The van der Waals surface area contributed by atoms with Gasteiger partial charge in [-0.05, 0) is 42.8 Å². The van der Waals surface area contributed by atoms with Crippen molar-refractivity contribution in [1.82, 2.24) is 4.98 Å². The summed E-state index contributed by atoms with van der Waals surface area (Å²) in [4.78, 5) is 43.5. The second-order valence-electron chi connectivity index (χ2n) is 8.31. The Morgan fingerprint density at radius 2 is 1.89 bits per heavy atom. The molecule has 1 aliphatic rings. The van der Waals surface area contributed by atoms with Crippen LogP contribution < -0.4 is 14.4 Å². The number of carbonyl (C=O) groups is 2. The fourth-order valence-corrected chi connectivity index (χ4v) is 5.35. The molecule has 0 saturated carbocycles. The fraction of sp³-hybridized carbons (Fsp3) is 0.148. The number of ether oxygens (including phenoxy) is 2. The average molecular weight is 532 g/mol. The number of nitro groups is 1. The molecule has 192 valence electrons. The van der Waals surface area contributed by atoms with E-state index in [0.717, 1.165) is 4.70 Å². The van der Waals surface area contributed by atoms with Gasteiger partial charge in [-0.25, -0.2) is 4.98 Å². The molecule has 1 aliphatic heterocycles. The van der Waals surface area contributed by atoms with Gasteiger partial charge in [0.25, 0.3) is 11.5 Å². The molecule has 0 spiro atoms. The van der Waals surface area contributed by atoms with Crippen LogP contribution in [0.1, 0.15) is 24.1 Å². The number of thiazole rings is 1. The monoisotopic (exact) mass is 531 g/mol. The quantitative estimate of drug-likeness (QED) is 0.113. The molecule has 10 nitrogen and oxygen atoms in total. The minimum Gasteiger partial charge on any atom is -0.507 e. The van der Waals surface area contributed by atoms with E-state index in [-0.39, 0.29) is 27.5 Å². The molecular formula is C27H21N3O7S. The number of benzene rings is 3. The number of carbonyl (C=O) groups excluding carboxylic acids is 2. The molecule has 1 unspecified atom stereocenters. The zero-order chi connectivity index (χ0) is 27.0. The van der Waals surface area contributed by atoms with Gasteiger partial charge in [0.1, 0.15) is 17.3 Å². The number of non-ortho nitro benzene ring substituents is 1. The molecule has 1 atom stereocenters. The van der Waals surface area contributed by atoms with Gasteiger partial charge in [0, 0.05) is 17.7 Å². The molecule has 1 aromatic heterocycles. The largest absolute Gasteiger partial charge is 0.507 e. The van der Waals surface area contributed by atoms with Gasteiger partial charge in [-0.2, -0.15) is 0 Å². The average Bonchev–Trinajstić information content (AvgIpc) is 3.46. The normalized spacial score (nSPS) is 16.7. The van der Waals surface area contributed by atoms with Crippen molar-refractivity contribution < 1.29 is 29.1 Å². The van der Waals surface area contributed by atoms with Crippen molar-refractivity contribution >= 4 is 49.8 Å². The highest BCUT2D eigenvalue weighted by molar-refractivity contribution is 7.22. The van der Waals surface area contributed by atoms with Crippen LogP contribution in [0.2, 0.25) is 0 Å². The molecule has 5 rings (SSSR count). The topological polar surface area (TPSA) is 132 Å². The maximum atomic E-state index is 13.4. The molecular weight excluding hydrogens is 510 g/mol. The Kier molecular flexibility index (Phi) is 6.52. The number of methoxy groups -OCH3 is 1. The summed E-state index contributed by atoms with van der Waals surface area (Å²) in [7, 11) is 1.46. The van der Waals surface area contributed by atoms with Crippen LogP contribution in [0, 0.1) is 10.1 Å². The SMILES string of the molecule is CCOc1ccc2nc(N3C(=O)C(=O)/C(=C(/O)c4cccc(OC)c4)C3c3cccc([N+](=O)[O-])c3)sc2c1. The molecule has 11 heteroatoms. The van der Waals surface area contributed by atoms with Crippen molar-refractivity contribution in [2.45, 2.75) is 13.0 Å². The maximum Gasteiger partial charge on any atom is 0.301 e. The van der Waals surface area contributed by atoms with Crippen molar-refractivity contribution in [2.75, 3.05) is 18.6 Å². The molecule has 2 heterocycles. The van der Waals surface area contributed by atoms with Crippen LogP contribution in [-0.2, 0) is 9.59 Å². The fourth-order valence-electron chi connectivity index (χ4n) is 4.33. The summed E-state index contributed by atoms with van der Waals surface area (Å²) in [5.41, 5.74) is 0.680. The van der Waals surface area contributed by atoms with Crippen LogP contribution in [-0.4, -0.2) is 40.4 Å². The van der Waals surface area contributed by atoms with Crippen LogP contribution >= 0.6 is 11.3 Å². The minimum atomic E-state index is -1.16. The van der Waals surface area contributed by atoms with Gasteiger partial charge in [0.15, 0.2) is 5.13 Å². The van der Waals surface area contributed by atoms with E-state index in [1.54, 1.807) is 42.5 Å². The van der Waals surface area contributed by atoms with Crippen molar-refractivity contribution in [3.8, 4) is 11.5 Å². The van der Waals surface area contributed by atoms with Gasteiger partial charge in [0.2, 0.25) is 0 Å². The van der Waals surface area contributed by atoms with Crippen molar-refractivity contribution in [1.29, 1.82) is 0 Å². The Labute approximate surface area is 220 Å². The zero-order valence-corrected chi connectivity index (χ0v) is 21.1. The molecule has 0 aliphatic carbocycles. The number of fused-ring (bicyclic) bond motifs is 1. The van der Waals surface area contributed by atoms with E-state index in [1.807, 2.05) is 6.92 Å². The Bertz CT molecular complexity index is 1630. The summed E-state index contributed by atoms with van der Waals surface area (Å²) >= 11 is 1.17. The Morgan fingerprint density at radius 3 is 2.63 bits per heavy atom. The second-order valence-corrected chi connectivity index (χ2v) is 9.32. The predicted molar refractivity (Wildman–Crippen MR) is 142 cm³/mol. The van der Waals surface area contributed by atoms with Gasteiger partial charge >= 0.3 is 5.91 Å². The third-order valence-electron chi connectivity index (χ3n) is 6.05. The van der Waals surface area contributed by atoms with Gasteiger partial charge in [-0.15, -0.1) is 0 Å².